The van der Waals surface area contributed by atoms with Crippen LogP contribution in [0.3, 0.4) is 0 Å². The summed E-state index contributed by atoms with van der Waals surface area (Å²) in [5.41, 5.74) is 1.80. The lowest BCUT2D eigenvalue weighted by Gasteiger charge is -2.02. The van der Waals surface area contributed by atoms with E-state index in [9.17, 15) is 4.39 Å². The number of hydrogen-bond donors (Lipinski definition) is 0. The fraction of sp³-hybridized carbons (Fsp3) is 0.250. The topological polar surface area (TPSA) is 0 Å². The van der Waals surface area contributed by atoms with E-state index in [4.69, 9.17) is 0 Å². The van der Waals surface area contributed by atoms with Gasteiger partial charge in [0.25, 0.3) is 0 Å². The van der Waals surface area contributed by atoms with Crippen LogP contribution in [-0.2, 0) is 0 Å². The van der Waals surface area contributed by atoms with Gasteiger partial charge in [0.2, 0.25) is 0 Å². The van der Waals surface area contributed by atoms with Gasteiger partial charge in [-0.1, -0.05) is 0 Å². The number of hydrogen-bond acceptors (Lipinski definition) is 0. The average Bonchev–Trinajstić information content (AvgIpc) is 1.93. The zero-order valence-corrected chi connectivity index (χ0v) is 8.07. The SMILES string of the molecule is Cc1c(F)ccc(I)c1C. The Morgan fingerprint density at radius 2 is 1.80 bits per heavy atom. The summed E-state index contributed by atoms with van der Waals surface area (Å²) in [6.07, 6.45) is 0. The van der Waals surface area contributed by atoms with Gasteiger partial charge in [-0.15, -0.1) is 0 Å². The van der Waals surface area contributed by atoms with Gasteiger partial charge in [0.1, 0.15) is 5.82 Å². The van der Waals surface area contributed by atoms with Crippen molar-refractivity contribution in [1.29, 1.82) is 0 Å². The Bertz CT molecular complexity index is 229. The smallest absolute Gasteiger partial charge is 0.126 e. The fourth-order valence-electron chi connectivity index (χ4n) is 0.755. The molecular weight excluding hydrogens is 242 g/mol. The lowest BCUT2D eigenvalue weighted by Crippen LogP contribution is -1.89. The van der Waals surface area contributed by atoms with E-state index in [1.165, 1.54) is 6.07 Å². The van der Waals surface area contributed by atoms with Crippen molar-refractivity contribution in [3.8, 4) is 0 Å². The molecule has 0 aliphatic carbocycles. The summed E-state index contributed by atoms with van der Waals surface area (Å²) in [5, 5.41) is 0. The van der Waals surface area contributed by atoms with Crippen LogP contribution in [-0.4, -0.2) is 0 Å². The number of benzene rings is 1. The summed E-state index contributed by atoms with van der Waals surface area (Å²) in [6, 6.07) is 3.29. The summed E-state index contributed by atoms with van der Waals surface area (Å²) in [5.74, 6) is -0.113. The van der Waals surface area contributed by atoms with Gasteiger partial charge in [-0.25, -0.2) is 4.39 Å². The Kier molecular flexibility index (Phi) is 2.28. The Morgan fingerprint density at radius 3 is 2.30 bits per heavy atom. The summed E-state index contributed by atoms with van der Waals surface area (Å²) in [4.78, 5) is 0. The van der Waals surface area contributed by atoms with Gasteiger partial charge in [-0.2, -0.15) is 0 Å². The second-order valence-corrected chi connectivity index (χ2v) is 3.44. The van der Waals surface area contributed by atoms with Crippen molar-refractivity contribution in [3.05, 3.63) is 32.6 Å². The van der Waals surface area contributed by atoms with Crippen molar-refractivity contribution < 1.29 is 4.39 Å². The van der Waals surface area contributed by atoms with Gasteiger partial charge in [-0.05, 0) is 59.7 Å². The minimum atomic E-state index is -0.113. The van der Waals surface area contributed by atoms with Crippen molar-refractivity contribution in [2.75, 3.05) is 0 Å². The molecule has 0 aromatic heterocycles. The van der Waals surface area contributed by atoms with E-state index >= 15 is 0 Å². The first-order valence-corrected chi connectivity index (χ1v) is 4.12. The van der Waals surface area contributed by atoms with E-state index in [1.807, 2.05) is 6.92 Å². The van der Waals surface area contributed by atoms with Gasteiger partial charge < -0.3 is 0 Å². The Hall–Kier alpha value is -0.120. The quantitative estimate of drug-likeness (QED) is 0.621. The zero-order valence-electron chi connectivity index (χ0n) is 5.91. The predicted molar refractivity (Wildman–Crippen MR) is 48.6 cm³/mol. The molecule has 0 fully saturated rings. The number of halogens is 2. The molecule has 0 N–H and O–H groups in total. The van der Waals surface area contributed by atoms with E-state index in [0.717, 1.165) is 14.7 Å². The lowest BCUT2D eigenvalue weighted by molar-refractivity contribution is 0.616. The largest absolute Gasteiger partial charge is 0.207 e. The summed E-state index contributed by atoms with van der Waals surface area (Å²) in [6.45, 7) is 3.73. The molecule has 54 valence electrons. The van der Waals surface area contributed by atoms with Crippen LogP contribution in [0.4, 0.5) is 4.39 Å². The molecule has 0 saturated carbocycles. The lowest BCUT2D eigenvalue weighted by atomic mass is 10.1. The second kappa shape index (κ2) is 2.86. The highest BCUT2D eigenvalue weighted by Gasteiger charge is 2.01. The van der Waals surface area contributed by atoms with E-state index < -0.39 is 0 Å². The molecule has 0 aliphatic rings. The molecule has 10 heavy (non-hydrogen) atoms. The molecule has 1 rings (SSSR count). The van der Waals surface area contributed by atoms with E-state index in [-0.39, 0.29) is 5.82 Å². The highest BCUT2D eigenvalue weighted by atomic mass is 127. The third-order valence-electron chi connectivity index (χ3n) is 1.65. The molecule has 0 spiro atoms. The van der Waals surface area contributed by atoms with Gasteiger partial charge in [0.05, 0.1) is 0 Å². The number of rotatable bonds is 0. The Labute approximate surface area is 73.6 Å². The molecule has 0 amide bonds. The first-order valence-electron chi connectivity index (χ1n) is 3.04. The second-order valence-electron chi connectivity index (χ2n) is 2.28. The monoisotopic (exact) mass is 250 g/mol. The molecule has 1 aromatic carbocycles. The molecule has 0 atom stereocenters. The molecule has 0 bridgehead atoms. The third-order valence-corrected chi connectivity index (χ3v) is 2.82. The maximum Gasteiger partial charge on any atom is 0.126 e. The first-order chi connectivity index (χ1) is 4.63. The van der Waals surface area contributed by atoms with Crippen LogP contribution in [0.2, 0.25) is 0 Å². The van der Waals surface area contributed by atoms with E-state index in [0.29, 0.717) is 0 Å². The zero-order chi connectivity index (χ0) is 7.72. The maximum atomic E-state index is 12.8. The van der Waals surface area contributed by atoms with Crippen molar-refractivity contribution in [2.24, 2.45) is 0 Å². The van der Waals surface area contributed by atoms with Crippen LogP contribution >= 0.6 is 22.6 Å². The van der Waals surface area contributed by atoms with Gasteiger partial charge >= 0.3 is 0 Å². The molecule has 0 heterocycles. The van der Waals surface area contributed by atoms with Crippen molar-refractivity contribution >= 4 is 22.6 Å². The molecule has 0 unspecified atom stereocenters. The van der Waals surface area contributed by atoms with Gasteiger partial charge in [0, 0.05) is 3.57 Å². The van der Waals surface area contributed by atoms with Crippen LogP contribution in [0.5, 0.6) is 0 Å². The molecule has 2 heteroatoms. The average molecular weight is 250 g/mol. The Morgan fingerprint density at radius 1 is 1.20 bits per heavy atom. The van der Waals surface area contributed by atoms with Crippen LogP contribution < -0.4 is 0 Å². The molecule has 0 saturated heterocycles. The third kappa shape index (κ3) is 1.31. The first kappa shape index (κ1) is 7.98. The molecule has 0 aliphatic heterocycles. The predicted octanol–water partition coefficient (Wildman–Crippen LogP) is 3.05. The molecule has 0 radical (unpaired) electrons. The normalized spacial score (nSPS) is 10.0. The van der Waals surface area contributed by atoms with Gasteiger partial charge in [0.15, 0.2) is 0 Å². The standard InChI is InChI=1S/C8H8FI/c1-5-6(2)8(10)4-3-7(5)9/h3-4H,1-2H3. The van der Waals surface area contributed by atoms with E-state index in [2.05, 4.69) is 22.6 Å². The van der Waals surface area contributed by atoms with Crippen molar-refractivity contribution in [3.63, 3.8) is 0 Å². The van der Waals surface area contributed by atoms with Crippen LogP contribution in [0, 0.1) is 23.2 Å². The van der Waals surface area contributed by atoms with Crippen LogP contribution in [0.15, 0.2) is 12.1 Å². The molecular formula is C8H8FI. The van der Waals surface area contributed by atoms with Crippen LogP contribution in [0.25, 0.3) is 0 Å². The van der Waals surface area contributed by atoms with Crippen molar-refractivity contribution in [1.82, 2.24) is 0 Å². The van der Waals surface area contributed by atoms with Gasteiger partial charge in [-0.3, -0.25) is 0 Å². The Balaban J connectivity index is 3.34. The summed E-state index contributed by atoms with van der Waals surface area (Å²) < 4.78 is 13.9. The van der Waals surface area contributed by atoms with E-state index in [1.54, 1.807) is 13.0 Å². The minimum absolute atomic E-state index is 0.113. The maximum absolute atomic E-state index is 12.8. The molecule has 0 nitrogen and oxygen atoms in total. The van der Waals surface area contributed by atoms with Crippen LogP contribution in [0.1, 0.15) is 11.1 Å². The summed E-state index contributed by atoms with van der Waals surface area (Å²) >= 11 is 2.20. The highest BCUT2D eigenvalue weighted by Crippen LogP contribution is 2.17. The summed E-state index contributed by atoms with van der Waals surface area (Å²) in [7, 11) is 0. The van der Waals surface area contributed by atoms with Crippen molar-refractivity contribution in [2.45, 2.75) is 13.8 Å². The minimum Gasteiger partial charge on any atom is -0.207 e. The highest BCUT2D eigenvalue weighted by molar-refractivity contribution is 14.1. The fourth-order valence-corrected chi connectivity index (χ4v) is 1.34. The molecule has 1 aromatic rings.